The first kappa shape index (κ1) is 19.3. The molecule has 0 aliphatic carbocycles. The molecule has 0 fully saturated rings. The quantitative estimate of drug-likeness (QED) is 0.644. The summed E-state index contributed by atoms with van der Waals surface area (Å²) in [5.41, 5.74) is 4.70. The molecule has 0 radical (unpaired) electrons. The monoisotopic (exact) mass is 409 g/mol. The van der Waals surface area contributed by atoms with Gasteiger partial charge in [0, 0.05) is 19.2 Å². The van der Waals surface area contributed by atoms with Crippen LogP contribution in [0.2, 0.25) is 0 Å². The molecule has 2 N–H and O–H groups in total. The van der Waals surface area contributed by atoms with Crippen molar-refractivity contribution in [3.63, 3.8) is 0 Å². The Hall–Kier alpha value is -3.06. The first-order valence-corrected chi connectivity index (χ1v) is 9.84. The van der Waals surface area contributed by atoms with Gasteiger partial charge in [0.25, 0.3) is 5.56 Å². The SMILES string of the molecule is CNC(=S)N(Cc1ccc2c(c1)OCO2)Cc1cc2cc(C)cc(C)c2[nH]c1=O. The summed E-state index contributed by atoms with van der Waals surface area (Å²) in [6.45, 7) is 5.24. The fraction of sp³-hybridized carbons (Fsp3) is 0.273. The zero-order valence-electron chi connectivity index (χ0n) is 16.7. The van der Waals surface area contributed by atoms with Crippen LogP contribution >= 0.6 is 12.2 Å². The second-order valence-electron chi connectivity index (χ2n) is 7.27. The highest BCUT2D eigenvalue weighted by molar-refractivity contribution is 7.80. The number of ether oxygens (including phenoxy) is 2. The van der Waals surface area contributed by atoms with Gasteiger partial charge in [0.05, 0.1) is 12.1 Å². The Bertz CT molecular complexity index is 1160. The van der Waals surface area contributed by atoms with E-state index in [1.807, 2.05) is 36.1 Å². The molecule has 0 bridgehead atoms. The number of pyridine rings is 1. The summed E-state index contributed by atoms with van der Waals surface area (Å²) in [4.78, 5) is 17.7. The molecule has 1 aliphatic rings. The van der Waals surface area contributed by atoms with E-state index >= 15 is 0 Å². The van der Waals surface area contributed by atoms with Gasteiger partial charge in [0.1, 0.15) is 0 Å². The maximum Gasteiger partial charge on any atom is 0.253 e. The minimum Gasteiger partial charge on any atom is -0.454 e. The molecule has 6 nitrogen and oxygen atoms in total. The standard InChI is InChI=1S/C22H23N3O3S/c1-13-6-14(2)20-16(7-13)9-17(21(26)24-20)11-25(22(29)23-3)10-15-4-5-18-19(8-15)28-12-27-18/h4-9H,10-12H2,1-3H3,(H,23,29)(H,24,26). The van der Waals surface area contributed by atoms with Crippen molar-refractivity contribution < 1.29 is 9.47 Å². The lowest BCUT2D eigenvalue weighted by Crippen LogP contribution is -2.38. The van der Waals surface area contributed by atoms with E-state index in [9.17, 15) is 4.79 Å². The zero-order valence-corrected chi connectivity index (χ0v) is 17.5. The molecule has 0 unspecified atom stereocenters. The minimum atomic E-state index is -0.0981. The Morgan fingerprint density at radius 1 is 1.14 bits per heavy atom. The van der Waals surface area contributed by atoms with Crippen molar-refractivity contribution in [2.75, 3.05) is 13.8 Å². The Balaban J connectivity index is 1.65. The van der Waals surface area contributed by atoms with Gasteiger partial charge >= 0.3 is 0 Å². The van der Waals surface area contributed by atoms with Crippen LogP contribution in [0.1, 0.15) is 22.3 Å². The van der Waals surface area contributed by atoms with Crippen molar-refractivity contribution in [2.24, 2.45) is 0 Å². The van der Waals surface area contributed by atoms with E-state index in [2.05, 4.69) is 29.4 Å². The number of aromatic nitrogens is 1. The molecule has 1 aromatic heterocycles. The van der Waals surface area contributed by atoms with E-state index in [0.717, 1.165) is 39.1 Å². The van der Waals surface area contributed by atoms with E-state index in [1.54, 1.807) is 7.05 Å². The molecule has 2 aromatic carbocycles. The van der Waals surface area contributed by atoms with Crippen molar-refractivity contribution in [2.45, 2.75) is 26.9 Å². The molecule has 0 atom stereocenters. The molecular formula is C22H23N3O3S. The third-order valence-corrected chi connectivity index (χ3v) is 5.51. The van der Waals surface area contributed by atoms with Crippen LogP contribution in [-0.2, 0) is 13.1 Å². The number of thiocarbonyl (C=S) groups is 1. The largest absolute Gasteiger partial charge is 0.454 e. The summed E-state index contributed by atoms with van der Waals surface area (Å²) in [5, 5.41) is 4.62. The number of rotatable bonds is 4. The third kappa shape index (κ3) is 3.91. The lowest BCUT2D eigenvalue weighted by Gasteiger charge is -2.25. The first-order valence-electron chi connectivity index (χ1n) is 9.43. The lowest BCUT2D eigenvalue weighted by molar-refractivity contribution is 0.174. The highest BCUT2D eigenvalue weighted by atomic mass is 32.1. The van der Waals surface area contributed by atoms with Gasteiger partial charge in [-0.05, 0) is 66.8 Å². The third-order valence-electron chi connectivity index (χ3n) is 5.04. The number of benzene rings is 2. The van der Waals surface area contributed by atoms with Gasteiger partial charge in [-0.2, -0.15) is 0 Å². The van der Waals surface area contributed by atoms with E-state index in [1.165, 1.54) is 0 Å². The van der Waals surface area contributed by atoms with Crippen molar-refractivity contribution >= 4 is 28.2 Å². The summed E-state index contributed by atoms with van der Waals surface area (Å²) in [6.07, 6.45) is 0. The maximum atomic E-state index is 12.7. The minimum absolute atomic E-state index is 0.0981. The number of H-pyrrole nitrogens is 1. The molecule has 7 heteroatoms. The van der Waals surface area contributed by atoms with Crippen LogP contribution in [0, 0.1) is 13.8 Å². The van der Waals surface area contributed by atoms with Crippen molar-refractivity contribution in [3.05, 3.63) is 69.0 Å². The smallest absolute Gasteiger partial charge is 0.253 e. The number of aromatic amines is 1. The molecule has 2 heterocycles. The summed E-state index contributed by atoms with van der Waals surface area (Å²) < 4.78 is 10.9. The number of nitrogens with one attached hydrogen (secondary N) is 2. The molecule has 0 spiro atoms. The molecular weight excluding hydrogens is 386 g/mol. The first-order chi connectivity index (χ1) is 13.9. The summed E-state index contributed by atoms with van der Waals surface area (Å²) in [6, 6.07) is 11.9. The number of hydrogen-bond donors (Lipinski definition) is 2. The number of nitrogens with zero attached hydrogens (tertiary/aromatic N) is 1. The predicted octanol–water partition coefficient (Wildman–Crippen LogP) is 3.38. The predicted molar refractivity (Wildman–Crippen MR) is 118 cm³/mol. The number of aryl methyl sites for hydroxylation is 2. The second-order valence-corrected chi connectivity index (χ2v) is 7.66. The Labute approximate surface area is 174 Å². The fourth-order valence-electron chi connectivity index (χ4n) is 3.67. The molecule has 0 saturated heterocycles. The summed E-state index contributed by atoms with van der Waals surface area (Å²) in [7, 11) is 1.78. The summed E-state index contributed by atoms with van der Waals surface area (Å²) >= 11 is 5.50. The molecule has 3 aromatic rings. The van der Waals surface area contributed by atoms with Crippen molar-refractivity contribution in [1.29, 1.82) is 0 Å². The molecule has 0 amide bonds. The van der Waals surface area contributed by atoms with Gasteiger partial charge in [-0.15, -0.1) is 0 Å². The molecule has 1 aliphatic heterocycles. The fourth-order valence-corrected chi connectivity index (χ4v) is 3.80. The molecule has 150 valence electrons. The highest BCUT2D eigenvalue weighted by Crippen LogP contribution is 2.33. The van der Waals surface area contributed by atoms with E-state index < -0.39 is 0 Å². The van der Waals surface area contributed by atoms with Crippen molar-refractivity contribution in [1.82, 2.24) is 15.2 Å². The van der Waals surface area contributed by atoms with Gasteiger partial charge in [-0.1, -0.05) is 17.7 Å². The summed E-state index contributed by atoms with van der Waals surface area (Å²) in [5.74, 6) is 1.47. The second kappa shape index (κ2) is 7.75. The van der Waals surface area contributed by atoms with Crippen LogP contribution in [-0.4, -0.2) is 28.8 Å². The van der Waals surface area contributed by atoms with Gasteiger partial charge in [0.2, 0.25) is 6.79 Å². The normalized spacial score (nSPS) is 12.2. The van der Waals surface area contributed by atoms with E-state index in [4.69, 9.17) is 21.7 Å². The van der Waals surface area contributed by atoms with E-state index in [0.29, 0.717) is 23.8 Å². The van der Waals surface area contributed by atoms with Crippen LogP contribution < -0.4 is 20.3 Å². The average molecular weight is 410 g/mol. The lowest BCUT2D eigenvalue weighted by atomic mass is 10.0. The van der Waals surface area contributed by atoms with Gasteiger partial charge in [-0.3, -0.25) is 4.79 Å². The van der Waals surface area contributed by atoms with Gasteiger partial charge < -0.3 is 24.7 Å². The zero-order chi connectivity index (χ0) is 20.5. The maximum absolute atomic E-state index is 12.7. The topological polar surface area (TPSA) is 66.6 Å². The van der Waals surface area contributed by atoms with E-state index in [-0.39, 0.29) is 12.4 Å². The van der Waals surface area contributed by atoms with Gasteiger partial charge in [-0.25, -0.2) is 0 Å². The van der Waals surface area contributed by atoms with Crippen LogP contribution in [0.25, 0.3) is 10.9 Å². The Morgan fingerprint density at radius 2 is 1.93 bits per heavy atom. The number of fused-ring (bicyclic) bond motifs is 2. The molecule has 4 rings (SSSR count). The average Bonchev–Trinajstić information content (AvgIpc) is 3.16. The molecule has 29 heavy (non-hydrogen) atoms. The van der Waals surface area contributed by atoms with Crippen LogP contribution in [0.5, 0.6) is 11.5 Å². The van der Waals surface area contributed by atoms with Crippen LogP contribution in [0.3, 0.4) is 0 Å². The molecule has 0 saturated carbocycles. The van der Waals surface area contributed by atoms with Crippen LogP contribution in [0.4, 0.5) is 0 Å². The Kier molecular flexibility index (Phi) is 5.15. The highest BCUT2D eigenvalue weighted by Gasteiger charge is 2.17. The van der Waals surface area contributed by atoms with Gasteiger partial charge in [0.15, 0.2) is 16.6 Å². The van der Waals surface area contributed by atoms with Crippen molar-refractivity contribution in [3.8, 4) is 11.5 Å². The van der Waals surface area contributed by atoms with Crippen LogP contribution in [0.15, 0.2) is 41.2 Å². The number of hydrogen-bond acceptors (Lipinski definition) is 4. The Morgan fingerprint density at radius 3 is 2.72 bits per heavy atom.